The molecule has 0 aliphatic carbocycles. The maximum atomic E-state index is 12.1. The van der Waals surface area contributed by atoms with Gasteiger partial charge in [0.15, 0.2) is 11.6 Å². The van der Waals surface area contributed by atoms with Crippen molar-refractivity contribution in [1.82, 2.24) is 9.97 Å². The van der Waals surface area contributed by atoms with Crippen LogP contribution < -0.4 is 15.5 Å². The molecule has 25 heavy (non-hydrogen) atoms. The minimum Gasteiger partial charge on any atom is -0.466 e. The summed E-state index contributed by atoms with van der Waals surface area (Å²) >= 11 is 0. The molecule has 0 amide bonds. The van der Waals surface area contributed by atoms with E-state index in [-0.39, 0.29) is 11.9 Å². The predicted octanol–water partition coefficient (Wildman–Crippen LogP) is 2.07. The third kappa shape index (κ3) is 3.96. The van der Waals surface area contributed by atoms with Gasteiger partial charge in [-0.3, -0.25) is 4.79 Å². The van der Waals surface area contributed by atoms with Crippen LogP contribution in [0.25, 0.3) is 0 Å². The van der Waals surface area contributed by atoms with Crippen molar-refractivity contribution >= 4 is 23.3 Å². The molecule has 0 saturated carbocycles. The normalized spacial score (nSPS) is 24.2. The second kappa shape index (κ2) is 7.89. The minimum absolute atomic E-state index is 0.110. The van der Waals surface area contributed by atoms with Crippen molar-refractivity contribution in [2.24, 2.45) is 11.8 Å². The predicted molar refractivity (Wildman–Crippen MR) is 98.6 cm³/mol. The number of nitrogens with zero attached hydrogens (tertiary/aromatic N) is 4. The average molecular weight is 347 g/mol. The van der Waals surface area contributed by atoms with E-state index in [1.54, 1.807) is 6.33 Å². The van der Waals surface area contributed by atoms with Gasteiger partial charge >= 0.3 is 5.97 Å². The SMILES string of the molecule is CCOC(=O)C1CCCN(c2ncnc(N3CCCC(C)C3)c2N)C1. The molecule has 2 aliphatic heterocycles. The summed E-state index contributed by atoms with van der Waals surface area (Å²) in [5.74, 6) is 1.99. The first-order valence-corrected chi connectivity index (χ1v) is 9.37. The molecular weight excluding hydrogens is 318 g/mol. The average Bonchev–Trinajstić information content (AvgIpc) is 2.62. The fraction of sp³-hybridized carbons (Fsp3) is 0.722. The van der Waals surface area contributed by atoms with Crippen molar-refractivity contribution in [3.05, 3.63) is 6.33 Å². The van der Waals surface area contributed by atoms with Gasteiger partial charge in [-0.15, -0.1) is 0 Å². The molecule has 3 heterocycles. The first kappa shape index (κ1) is 17.8. The Morgan fingerprint density at radius 3 is 2.48 bits per heavy atom. The summed E-state index contributed by atoms with van der Waals surface area (Å²) in [6.45, 7) is 7.94. The van der Waals surface area contributed by atoms with E-state index in [2.05, 4.69) is 26.7 Å². The van der Waals surface area contributed by atoms with Crippen LogP contribution in [-0.4, -0.2) is 48.7 Å². The van der Waals surface area contributed by atoms with Gasteiger partial charge in [-0.05, 0) is 38.5 Å². The van der Waals surface area contributed by atoms with Crippen LogP contribution in [-0.2, 0) is 9.53 Å². The highest BCUT2D eigenvalue weighted by molar-refractivity contribution is 5.78. The van der Waals surface area contributed by atoms with Gasteiger partial charge in [-0.25, -0.2) is 9.97 Å². The molecular formula is C18H29N5O2. The number of hydrogen-bond donors (Lipinski definition) is 1. The van der Waals surface area contributed by atoms with Crippen molar-refractivity contribution in [2.75, 3.05) is 48.3 Å². The first-order chi connectivity index (χ1) is 12.1. The smallest absolute Gasteiger partial charge is 0.310 e. The maximum absolute atomic E-state index is 12.1. The number of anilines is 3. The minimum atomic E-state index is -0.120. The fourth-order valence-corrected chi connectivity index (χ4v) is 3.89. The Hall–Kier alpha value is -2.05. The molecule has 2 aliphatic rings. The number of nitrogen functional groups attached to an aromatic ring is 1. The van der Waals surface area contributed by atoms with E-state index >= 15 is 0 Å². The van der Waals surface area contributed by atoms with E-state index < -0.39 is 0 Å². The van der Waals surface area contributed by atoms with Gasteiger partial charge in [0.1, 0.15) is 12.0 Å². The second-order valence-electron chi connectivity index (χ2n) is 7.17. The lowest BCUT2D eigenvalue weighted by Crippen LogP contribution is -2.41. The van der Waals surface area contributed by atoms with Crippen LogP contribution in [0, 0.1) is 11.8 Å². The molecule has 2 fully saturated rings. The van der Waals surface area contributed by atoms with E-state index in [1.165, 1.54) is 6.42 Å². The number of nitrogens with two attached hydrogens (primary N) is 1. The van der Waals surface area contributed by atoms with Crippen LogP contribution in [0.4, 0.5) is 17.3 Å². The van der Waals surface area contributed by atoms with Gasteiger partial charge in [0.2, 0.25) is 0 Å². The van der Waals surface area contributed by atoms with E-state index in [9.17, 15) is 4.79 Å². The summed E-state index contributed by atoms with van der Waals surface area (Å²) in [6.07, 6.45) is 5.80. The topological polar surface area (TPSA) is 84.6 Å². The third-order valence-corrected chi connectivity index (χ3v) is 5.14. The number of piperidine rings is 2. The lowest BCUT2D eigenvalue weighted by molar-refractivity contribution is -0.148. The van der Waals surface area contributed by atoms with Crippen LogP contribution in [0.3, 0.4) is 0 Å². The Morgan fingerprint density at radius 1 is 1.20 bits per heavy atom. The molecule has 0 bridgehead atoms. The number of hydrogen-bond acceptors (Lipinski definition) is 7. The van der Waals surface area contributed by atoms with Gasteiger partial charge < -0.3 is 20.3 Å². The highest BCUT2D eigenvalue weighted by Gasteiger charge is 2.30. The van der Waals surface area contributed by atoms with Crippen molar-refractivity contribution < 1.29 is 9.53 Å². The largest absolute Gasteiger partial charge is 0.466 e. The number of carbonyl (C=O) groups excluding carboxylic acids is 1. The third-order valence-electron chi connectivity index (χ3n) is 5.14. The molecule has 7 nitrogen and oxygen atoms in total. The summed E-state index contributed by atoms with van der Waals surface area (Å²) in [6, 6.07) is 0. The number of carbonyl (C=O) groups is 1. The second-order valence-corrected chi connectivity index (χ2v) is 7.17. The van der Waals surface area contributed by atoms with Gasteiger partial charge in [0.25, 0.3) is 0 Å². The van der Waals surface area contributed by atoms with Crippen molar-refractivity contribution in [1.29, 1.82) is 0 Å². The summed E-state index contributed by atoms with van der Waals surface area (Å²) in [7, 11) is 0. The highest BCUT2D eigenvalue weighted by Crippen LogP contribution is 2.33. The van der Waals surface area contributed by atoms with E-state index in [1.807, 2.05) is 6.92 Å². The molecule has 2 N–H and O–H groups in total. The lowest BCUT2D eigenvalue weighted by Gasteiger charge is -2.35. The standard InChI is InChI=1S/C18H29N5O2/c1-3-25-18(24)14-7-5-9-23(11-14)17-15(19)16(20-12-21-17)22-8-4-6-13(2)10-22/h12-14H,3-11,19H2,1-2H3. The van der Waals surface area contributed by atoms with E-state index in [0.29, 0.717) is 24.8 Å². The molecule has 1 aromatic heterocycles. The summed E-state index contributed by atoms with van der Waals surface area (Å²) in [5, 5.41) is 0. The van der Waals surface area contributed by atoms with Crippen LogP contribution in [0.1, 0.15) is 39.5 Å². The monoisotopic (exact) mass is 347 g/mol. The highest BCUT2D eigenvalue weighted by atomic mass is 16.5. The maximum Gasteiger partial charge on any atom is 0.310 e. The first-order valence-electron chi connectivity index (χ1n) is 9.37. The molecule has 0 aromatic carbocycles. The number of rotatable bonds is 4. The van der Waals surface area contributed by atoms with Gasteiger partial charge in [0.05, 0.1) is 12.5 Å². The summed E-state index contributed by atoms with van der Waals surface area (Å²) in [5.41, 5.74) is 7.07. The molecule has 2 saturated heterocycles. The molecule has 1 aromatic rings. The van der Waals surface area contributed by atoms with Crippen LogP contribution in [0.2, 0.25) is 0 Å². The Kier molecular flexibility index (Phi) is 5.60. The van der Waals surface area contributed by atoms with E-state index in [0.717, 1.165) is 50.5 Å². The fourth-order valence-electron chi connectivity index (χ4n) is 3.89. The summed E-state index contributed by atoms with van der Waals surface area (Å²) in [4.78, 5) is 25.3. The Labute approximate surface area is 149 Å². The number of aromatic nitrogens is 2. The zero-order valence-corrected chi connectivity index (χ0v) is 15.3. The van der Waals surface area contributed by atoms with Crippen molar-refractivity contribution in [3.63, 3.8) is 0 Å². The van der Waals surface area contributed by atoms with Crippen LogP contribution >= 0.6 is 0 Å². The number of esters is 1. The van der Waals surface area contributed by atoms with Gasteiger partial charge in [-0.1, -0.05) is 6.92 Å². The molecule has 3 rings (SSSR count). The van der Waals surface area contributed by atoms with Crippen molar-refractivity contribution in [2.45, 2.75) is 39.5 Å². The number of ether oxygens (including phenoxy) is 1. The van der Waals surface area contributed by atoms with E-state index in [4.69, 9.17) is 10.5 Å². The molecule has 2 unspecified atom stereocenters. The molecule has 0 radical (unpaired) electrons. The Morgan fingerprint density at radius 2 is 1.84 bits per heavy atom. The quantitative estimate of drug-likeness (QED) is 0.835. The Bertz CT molecular complexity index is 609. The zero-order valence-electron chi connectivity index (χ0n) is 15.3. The molecule has 2 atom stereocenters. The molecule has 7 heteroatoms. The molecule has 138 valence electrons. The van der Waals surface area contributed by atoms with Crippen LogP contribution in [0.5, 0.6) is 0 Å². The lowest BCUT2D eigenvalue weighted by atomic mass is 9.98. The van der Waals surface area contributed by atoms with Gasteiger partial charge in [0, 0.05) is 26.2 Å². The zero-order chi connectivity index (χ0) is 17.8. The van der Waals surface area contributed by atoms with Crippen molar-refractivity contribution in [3.8, 4) is 0 Å². The van der Waals surface area contributed by atoms with Gasteiger partial charge in [-0.2, -0.15) is 0 Å². The molecule has 0 spiro atoms. The Balaban J connectivity index is 1.78. The van der Waals surface area contributed by atoms with Crippen LogP contribution in [0.15, 0.2) is 6.33 Å². The summed E-state index contributed by atoms with van der Waals surface area (Å²) < 4.78 is 5.19.